The standard InChI is InChI=1S/C17H18FN3O3/c1-20(10-15(22)11-2-3-11)17(24)14-8-9-16(23)21(19-14)13-6-4-12(18)5-7-13/h4-9,11,15,22H,2-3,10H2,1H3. The summed E-state index contributed by atoms with van der Waals surface area (Å²) < 4.78 is 14.1. The number of nitrogens with zero attached hydrogens (tertiary/aromatic N) is 3. The summed E-state index contributed by atoms with van der Waals surface area (Å²) in [5, 5.41) is 14.0. The van der Waals surface area contributed by atoms with E-state index in [1.54, 1.807) is 7.05 Å². The Morgan fingerprint density at radius 1 is 1.33 bits per heavy atom. The Hall–Kier alpha value is -2.54. The number of aromatic nitrogens is 2. The predicted octanol–water partition coefficient (Wildman–Crippen LogP) is 1.21. The number of halogens is 1. The van der Waals surface area contributed by atoms with Crippen molar-refractivity contribution in [1.29, 1.82) is 0 Å². The van der Waals surface area contributed by atoms with E-state index in [-0.39, 0.29) is 24.1 Å². The number of hydrogen-bond donors (Lipinski definition) is 1. The first-order valence-electron chi connectivity index (χ1n) is 7.75. The molecule has 1 aliphatic rings. The number of carbonyl (C=O) groups excluding carboxylic acids is 1. The number of amides is 1. The minimum absolute atomic E-state index is 0.0874. The zero-order valence-electron chi connectivity index (χ0n) is 13.2. The molecule has 24 heavy (non-hydrogen) atoms. The third-order valence-electron chi connectivity index (χ3n) is 4.06. The van der Waals surface area contributed by atoms with E-state index in [0.717, 1.165) is 17.5 Å². The van der Waals surface area contributed by atoms with Gasteiger partial charge in [-0.3, -0.25) is 9.59 Å². The second kappa shape index (κ2) is 6.52. The van der Waals surface area contributed by atoms with Gasteiger partial charge in [0, 0.05) is 19.7 Å². The molecule has 1 fully saturated rings. The van der Waals surface area contributed by atoms with Crippen LogP contribution in [0.3, 0.4) is 0 Å². The summed E-state index contributed by atoms with van der Waals surface area (Å²) in [6.07, 6.45) is 1.43. The molecule has 0 spiro atoms. The number of rotatable bonds is 5. The van der Waals surface area contributed by atoms with E-state index in [1.165, 1.54) is 41.3 Å². The van der Waals surface area contributed by atoms with Gasteiger partial charge in [-0.25, -0.2) is 4.39 Å². The van der Waals surface area contributed by atoms with E-state index in [9.17, 15) is 19.1 Å². The second-order valence-electron chi connectivity index (χ2n) is 6.04. The molecule has 6 nitrogen and oxygen atoms in total. The lowest BCUT2D eigenvalue weighted by Crippen LogP contribution is -2.36. The van der Waals surface area contributed by atoms with Crippen LogP contribution in [0.25, 0.3) is 5.69 Å². The third kappa shape index (κ3) is 3.51. The maximum atomic E-state index is 13.0. The Labute approximate surface area is 138 Å². The van der Waals surface area contributed by atoms with E-state index in [1.807, 2.05) is 0 Å². The van der Waals surface area contributed by atoms with Crippen molar-refractivity contribution >= 4 is 5.91 Å². The second-order valence-corrected chi connectivity index (χ2v) is 6.04. The van der Waals surface area contributed by atoms with Crippen molar-refractivity contribution in [2.75, 3.05) is 13.6 Å². The molecule has 1 amide bonds. The monoisotopic (exact) mass is 331 g/mol. The average molecular weight is 331 g/mol. The number of hydrogen-bond acceptors (Lipinski definition) is 4. The summed E-state index contributed by atoms with van der Waals surface area (Å²) in [4.78, 5) is 25.8. The molecule has 3 rings (SSSR count). The number of aliphatic hydroxyl groups is 1. The summed E-state index contributed by atoms with van der Waals surface area (Å²) in [5.41, 5.74) is 0.0416. The number of carbonyl (C=O) groups is 1. The van der Waals surface area contributed by atoms with Gasteiger partial charge in [-0.05, 0) is 49.1 Å². The topological polar surface area (TPSA) is 75.4 Å². The molecule has 0 radical (unpaired) electrons. The lowest BCUT2D eigenvalue weighted by atomic mass is 10.2. The number of likely N-dealkylation sites (N-methyl/N-ethyl adjacent to an activating group) is 1. The molecular weight excluding hydrogens is 313 g/mol. The van der Waals surface area contributed by atoms with Crippen molar-refractivity contribution in [3.8, 4) is 5.69 Å². The molecule has 2 aromatic rings. The molecule has 1 N–H and O–H groups in total. The summed E-state index contributed by atoms with van der Waals surface area (Å²) in [5.74, 6) is -0.542. The van der Waals surface area contributed by atoms with Crippen LogP contribution in [0.5, 0.6) is 0 Å². The van der Waals surface area contributed by atoms with Gasteiger partial charge in [0.25, 0.3) is 11.5 Å². The van der Waals surface area contributed by atoms with Crippen molar-refractivity contribution in [2.24, 2.45) is 5.92 Å². The smallest absolute Gasteiger partial charge is 0.274 e. The highest BCUT2D eigenvalue weighted by molar-refractivity contribution is 5.91. The van der Waals surface area contributed by atoms with E-state index in [4.69, 9.17) is 0 Å². The molecular formula is C17H18FN3O3. The highest BCUT2D eigenvalue weighted by atomic mass is 19.1. The van der Waals surface area contributed by atoms with Crippen LogP contribution in [0.4, 0.5) is 4.39 Å². The van der Waals surface area contributed by atoms with Crippen LogP contribution in [-0.2, 0) is 0 Å². The van der Waals surface area contributed by atoms with Gasteiger partial charge in [-0.15, -0.1) is 0 Å². The first kappa shape index (κ1) is 16.3. The number of benzene rings is 1. The highest BCUT2D eigenvalue weighted by Gasteiger charge is 2.31. The molecule has 1 aromatic carbocycles. The fourth-order valence-electron chi connectivity index (χ4n) is 2.48. The van der Waals surface area contributed by atoms with Crippen LogP contribution in [0.15, 0.2) is 41.2 Å². The van der Waals surface area contributed by atoms with Crippen LogP contribution in [0.2, 0.25) is 0 Å². The predicted molar refractivity (Wildman–Crippen MR) is 85.5 cm³/mol. The van der Waals surface area contributed by atoms with Crippen molar-refractivity contribution in [1.82, 2.24) is 14.7 Å². The van der Waals surface area contributed by atoms with E-state index in [0.29, 0.717) is 5.69 Å². The largest absolute Gasteiger partial charge is 0.391 e. The van der Waals surface area contributed by atoms with Crippen molar-refractivity contribution in [2.45, 2.75) is 18.9 Å². The zero-order chi connectivity index (χ0) is 17.3. The van der Waals surface area contributed by atoms with Crippen LogP contribution in [0.1, 0.15) is 23.3 Å². The molecule has 0 aliphatic heterocycles. The van der Waals surface area contributed by atoms with Gasteiger partial charge in [0.1, 0.15) is 11.5 Å². The maximum absolute atomic E-state index is 13.0. The summed E-state index contributed by atoms with van der Waals surface area (Å²) in [6, 6.07) is 7.86. The van der Waals surface area contributed by atoms with Crippen molar-refractivity contribution in [3.05, 3.63) is 58.3 Å². The summed E-state index contributed by atoms with van der Waals surface area (Å²) in [6.45, 7) is 0.223. The Morgan fingerprint density at radius 3 is 2.62 bits per heavy atom. The Bertz CT molecular complexity index is 799. The minimum atomic E-state index is -0.540. The SMILES string of the molecule is CN(CC(O)C1CC1)C(=O)c1ccc(=O)n(-c2ccc(F)cc2)n1. The molecule has 7 heteroatoms. The van der Waals surface area contributed by atoms with Crippen molar-refractivity contribution in [3.63, 3.8) is 0 Å². The molecule has 1 aromatic heterocycles. The first-order valence-corrected chi connectivity index (χ1v) is 7.75. The van der Waals surface area contributed by atoms with E-state index >= 15 is 0 Å². The van der Waals surface area contributed by atoms with Crippen LogP contribution in [-0.4, -0.2) is 45.4 Å². The van der Waals surface area contributed by atoms with Gasteiger partial charge in [0.2, 0.25) is 0 Å². The lowest BCUT2D eigenvalue weighted by molar-refractivity contribution is 0.0638. The zero-order valence-corrected chi connectivity index (χ0v) is 13.2. The van der Waals surface area contributed by atoms with Crippen LogP contribution in [0, 0.1) is 11.7 Å². The van der Waals surface area contributed by atoms with Gasteiger partial charge in [0.05, 0.1) is 11.8 Å². The van der Waals surface area contributed by atoms with Gasteiger partial charge in [-0.2, -0.15) is 9.78 Å². The fourth-order valence-corrected chi connectivity index (χ4v) is 2.48. The third-order valence-corrected chi connectivity index (χ3v) is 4.06. The summed E-state index contributed by atoms with van der Waals surface area (Å²) in [7, 11) is 1.59. The quantitative estimate of drug-likeness (QED) is 0.894. The lowest BCUT2D eigenvalue weighted by Gasteiger charge is -2.20. The first-order chi connectivity index (χ1) is 11.5. The van der Waals surface area contributed by atoms with E-state index in [2.05, 4.69) is 5.10 Å². The van der Waals surface area contributed by atoms with Gasteiger partial charge < -0.3 is 10.0 Å². The normalized spacial score (nSPS) is 15.1. The van der Waals surface area contributed by atoms with Gasteiger partial charge in [0.15, 0.2) is 0 Å². The number of aliphatic hydroxyl groups excluding tert-OH is 1. The molecule has 1 aliphatic carbocycles. The van der Waals surface area contributed by atoms with E-state index < -0.39 is 17.5 Å². The van der Waals surface area contributed by atoms with Gasteiger partial charge in [-0.1, -0.05) is 0 Å². The van der Waals surface area contributed by atoms with Gasteiger partial charge >= 0.3 is 0 Å². The highest BCUT2D eigenvalue weighted by Crippen LogP contribution is 2.32. The fraction of sp³-hybridized carbons (Fsp3) is 0.353. The Kier molecular flexibility index (Phi) is 4.44. The Morgan fingerprint density at radius 2 is 2.00 bits per heavy atom. The molecule has 0 saturated heterocycles. The molecule has 1 heterocycles. The molecule has 1 atom stereocenters. The van der Waals surface area contributed by atoms with Crippen LogP contribution >= 0.6 is 0 Å². The molecule has 1 unspecified atom stereocenters. The molecule has 1 saturated carbocycles. The van der Waals surface area contributed by atoms with Crippen LogP contribution < -0.4 is 5.56 Å². The average Bonchev–Trinajstić information content (AvgIpc) is 3.40. The molecule has 0 bridgehead atoms. The minimum Gasteiger partial charge on any atom is -0.391 e. The summed E-state index contributed by atoms with van der Waals surface area (Å²) >= 11 is 0. The van der Waals surface area contributed by atoms with Crippen molar-refractivity contribution < 1.29 is 14.3 Å². The molecule has 126 valence electrons. The maximum Gasteiger partial charge on any atom is 0.274 e. The Balaban J connectivity index is 1.83.